The van der Waals surface area contributed by atoms with E-state index in [-0.39, 0.29) is 24.0 Å². The number of carbonyl (C=O) groups is 3. The van der Waals surface area contributed by atoms with Gasteiger partial charge in [0.05, 0.1) is 6.54 Å². The Morgan fingerprint density at radius 2 is 1.65 bits per heavy atom. The molecule has 0 saturated carbocycles. The highest BCUT2D eigenvalue weighted by Gasteiger charge is 2.27. The van der Waals surface area contributed by atoms with Gasteiger partial charge in [-0.15, -0.1) is 18.9 Å². The molecule has 3 N–H and O–H groups in total. The lowest BCUT2D eigenvalue weighted by Crippen LogP contribution is -2.52. The van der Waals surface area contributed by atoms with Crippen molar-refractivity contribution in [2.45, 2.75) is 132 Å². The molecule has 1 atom stereocenters. The number of halogens is 1. The van der Waals surface area contributed by atoms with E-state index in [9.17, 15) is 14.4 Å². The summed E-state index contributed by atoms with van der Waals surface area (Å²) in [5, 5.41) is 3.06. The molecule has 1 unspecified atom stereocenters. The lowest BCUT2D eigenvalue weighted by molar-refractivity contribution is -0.118. The van der Waals surface area contributed by atoms with Gasteiger partial charge in [-0.05, 0) is 83.7 Å². The summed E-state index contributed by atoms with van der Waals surface area (Å²) in [5.74, 6) is 2.27. The van der Waals surface area contributed by atoms with Crippen molar-refractivity contribution in [3.05, 3.63) is 59.1 Å². The minimum atomic E-state index is -0.354. The first kappa shape index (κ1) is 50.0. The Labute approximate surface area is 292 Å². The van der Waals surface area contributed by atoms with E-state index in [1.54, 1.807) is 0 Å². The minimum absolute atomic E-state index is 0.211. The van der Waals surface area contributed by atoms with Crippen molar-refractivity contribution in [1.29, 1.82) is 0 Å². The topological polar surface area (TPSA) is 95.7 Å². The number of allylic oxidation sites excluding steroid dienone is 3. The van der Waals surface area contributed by atoms with Crippen LogP contribution in [0.3, 0.4) is 0 Å². The van der Waals surface area contributed by atoms with Crippen LogP contribution in [-0.2, 0) is 16.1 Å². The van der Waals surface area contributed by atoms with Gasteiger partial charge in [0.15, 0.2) is 0 Å². The highest BCUT2D eigenvalue weighted by Crippen LogP contribution is 2.17. The summed E-state index contributed by atoms with van der Waals surface area (Å²) in [7, 11) is 2.11. The number of nitrogens with one attached hydrogen (secondary N) is 1. The highest BCUT2D eigenvalue weighted by atomic mass is 79.9. The molecule has 0 aromatic heterocycles. The Morgan fingerprint density at radius 3 is 2.02 bits per heavy atom. The maximum absolute atomic E-state index is 12.7. The number of amides is 4. The summed E-state index contributed by atoms with van der Waals surface area (Å²) in [6.07, 6.45) is 21.1. The largest absolute Gasteiger partial charge is 0.370 e. The SMILES string of the molecule is C#CC/C=C\C.C=CCCCCN(C)CCC(C)(CC)NC(=O)N(C=O)Cc1ccc(Br)cc1.CC.CCCC.CCCC(N)=O. The van der Waals surface area contributed by atoms with Gasteiger partial charge in [0.1, 0.15) is 0 Å². The van der Waals surface area contributed by atoms with Crippen molar-refractivity contribution in [2.75, 3.05) is 20.1 Å². The van der Waals surface area contributed by atoms with Gasteiger partial charge >= 0.3 is 6.03 Å². The molecule has 264 valence electrons. The van der Waals surface area contributed by atoms with Crippen LogP contribution in [-0.4, -0.2) is 53.8 Å². The van der Waals surface area contributed by atoms with Crippen LogP contribution in [0.2, 0.25) is 0 Å². The van der Waals surface area contributed by atoms with E-state index in [4.69, 9.17) is 12.2 Å². The molecule has 0 heterocycles. The van der Waals surface area contributed by atoms with Gasteiger partial charge in [-0.3, -0.25) is 14.5 Å². The minimum Gasteiger partial charge on any atom is -0.370 e. The van der Waals surface area contributed by atoms with E-state index < -0.39 is 0 Å². The Bertz CT molecular complexity index is 942. The molecule has 0 saturated heterocycles. The van der Waals surface area contributed by atoms with E-state index in [1.807, 2.05) is 77.1 Å². The average Bonchev–Trinajstić information content (AvgIpc) is 3.06. The lowest BCUT2D eigenvalue weighted by Gasteiger charge is -2.33. The lowest BCUT2D eigenvalue weighted by atomic mass is 9.94. The average molecular weight is 708 g/mol. The molecule has 8 heteroatoms. The van der Waals surface area contributed by atoms with Gasteiger partial charge in [0.25, 0.3) is 0 Å². The monoisotopic (exact) mass is 706 g/mol. The van der Waals surface area contributed by atoms with Gasteiger partial charge in [-0.1, -0.05) is 101 Å². The number of benzene rings is 1. The summed E-state index contributed by atoms with van der Waals surface area (Å²) in [4.78, 5) is 37.4. The summed E-state index contributed by atoms with van der Waals surface area (Å²) >= 11 is 3.39. The molecule has 0 aliphatic heterocycles. The van der Waals surface area contributed by atoms with Crippen LogP contribution in [0.4, 0.5) is 4.79 Å². The number of rotatable bonds is 17. The quantitative estimate of drug-likeness (QED) is 0.0730. The molecular weight excluding hydrogens is 640 g/mol. The van der Waals surface area contributed by atoms with Gasteiger partial charge in [0, 0.05) is 29.4 Å². The molecule has 7 nitrogen and oxygen atoms in total. The third-order valence-electron chi connectivity index (χ3n) is 6.55. The molecule has 0 radical (unpaired) electrons. The number of nitrogens with two attached hydrogens (primary N) is 1. The second-order valence-electron chi connectivity index (χ2n) is 10.7. The molecule has 0 spiro atoms. The van der Waals surface area contributed by atoms with Crippen LogP contribution in [0.5, 0.6) is 0 Å². The van der Waals surface area contributed by atoms with Crippen LogP contribution in [0, 0.1) is 12.3 Å². The first-order chi connectivity index (χ1) is 21.9. The number of hydrogen-bond acceptors (Lipinski definition) is 4. The number of urea groups is 1. The Balaban J connectivity index is -0.000000399. The highest BCUT2D eigenvalue weighted by molar-refractivity contribution is 9.10. The first-order valence-electron chi connectivity index (χ1n) is 16.8. The molecule has 0 bridgehead atoms. The molecule has 46 heavy (non-hydrogen) atoms. The number of primary amides is 1. The standard InChI is InChI=1S/C22H34BrN3O2.C6H8.C4H9NO.C4H10.C2H6/c1-5-7-8-9-15-25(4)16-14-22(3,6-2)24-21(28)26(18-27)17-19-10-12-20(23)13-11-19;1-3-5-6-4-2;1-2-3-4(5)6;1-3-4-2;1-2/h5,10-13,18H,1,6-9,14-17H2,2-4H3,(H,24,28);1,4,6H,5H2,2H3;2-3H2,1H3,(H2,5,6);3-4H2,1-2H3;1-2H3/b;6-4-;;;. The second-order valence-corrected chi connectivity index (χ2v) is 11.7. The molecule has 1 aromatic carbocycles. The number of nitrogens with zero attached hydrogens (tertiary/aromatic N) is 2. The summed E-state index contributed by atoms with van der Waals surface area (Å²) in [6, 6.07) is 7.24. The predicted molar refractivity (Wildman–Crippen MR) is 203 cm³/mol. The van der Waals surface area contributed by atoms with Gasteiger partial charge in [-0.2, -0.15) is 0 Å². The van der Waals surface area contributed by atoms with Crippen LogP contribution in [0.25, 0.3) is 0 Å². The van der Waals surface area contributed by atoms with E-state index >= 15 is 0 Å². The fraction of sp³-hybridized carbons (Fsp3) is 0.605. The van der Waals surface area contributed by atoms with Gasteiger partial charge in [0.2, 0.25) is 12.3 Å². The zero-order valence-corrected chi connectivity index (χ0v) is 32.3. The fourth-order valence-corrected chi connectivity index (χ4v) is 3.52. The fourth-order valence-electron chi connectivity index (χ4n) is 3.25. The van der Waals surface area contributed by atoms with Crippen LogP contribution >= 0.6 is 15.9 Å². The first-order valence-corrected chi connectivity index (χ1v) is 17.6. The zero-order chi connectivity index (χ0) is 36.2. The Morgan fingerprint density at radius 1 is 1.07 bits per heavy atom. The number of imide groups is 1. The second kappa shape index (κ2) is 36.6. The molecule has 0 fully saturated rings. The van der Waals surface area contributed by atoms with Crippen molar-refractivity contribution in [3.8, 4) is 12.3 Å². The maximum atomic E-state index is 12.7. The molecule has 4 amide bonds. The summed E-state index contributed by atoms with van der Waals surface area (Å²) < 4.78 is 0.963. The number of unbranched alkanes of at least 4 members (excludes halogenated alkanes) is 3. The smallest absolute Gasteiger partial charge is 0.324 e. The molecule has 0 aliphatic rings. The van der Waals surface area contributed by atoms with Gasteiger partial charge < -0.3 is 16.0 Å². The van der Waals surface area contributed by atoms with E-state index in [0.717, 1.165) is 68.1 Å². The van der Waals surface area contributed by atoms with Crippen molar-refractivity contribution in [2.24, 2.45) is 5.73 Å². The van der Waals surface area contributed by atoms with Crippen LogP contribution in [0.15, 0.2) is 53.5 Å². The Kier molecular flexibility index (Phi) is 39.7. The Hall–Kier alpha value is -2.89. The molecule has 1 aromatic rings. The number of terminal acetylenes is 1. The molecular formula is C38H67BrN4O3. The van der Waals surface area contributed by atoms with Crippen molar-refractivity contribution < 1.29 is 14.4 Å². The van der Waals surface area contributed by atoms with Crippen molar-refractivity contribution in [1.82, 2.24) is 15.1 Å². The van der Waals surface area contributed by atoms with Crippen LogP contribution in [0.1, 0.15) is 125 Å². The third kappa shape index (κ3) is 34.0. The van der Waals surface area contributed by atoms with Crippen molar-refractivity contribution >= 4 is 34.3 Å². The number of carbonyl (C=O) groups excluding carboxylic acids is 3. The van der Waals surface area contributed by atoms with Crippen LogP contribution < -0.4 is 11.1 Å². The normalized spacial score (nSPS) is 10.9. The van der Waals surface area contributed by atoms with E-state index in [1.165, 1.54) is 17.7 Å². The zero-order valence-electron chi connectivity index (χ0n) is 30.7. The third-order valence-corrected chi connectivity index (χ3v) is 7.08. The molecule has 1 rings (SSSR count). The van der Waals surface area contributed by atoms with E-state index in [2.05, 4.69) is 66.5 Å². The number of hydrogen-bond donors (Lipinski definition) is 2. The summed E-state index contributed by atoms with van der Waals surface area (Å²) in [5.41, 5.74) is 5.32. The van der Waals surface area contributed by atoms with Crippen molar-refractivity contribution in [3.63, 3.8) is 0 Å². The van der Waals surface area contributed by atoms with E-state index in [0.29, 0.717) is 12.8 Å². The maximum Gasteiger partial charge on any atom is 0.324 e. The molecule has 0 aliphatic carbocycles. The summed E-state index contributed by atoms with van der Waals surface area (Å²) in [6.45, 7) is 22.3. The predicted octanol–water partition coefficient (Wildman–Crippen LogP) is 9.65. The van der Waals surface area contributed by atoms with Gasteiger partial charge in [-0.25, -0.2) is 4.79 Å².